The lowest BCUT2D eigenvalue weighted by Crippen LogP contribution is -2.16. The van der Waals surface area contributed by atoms with Crippen LogP contribution in [0.5, 0.6) is 0 Å². The monoisotopic (exact) mass is 366 g/mol. The zero-order valence-electron chi connectivity index (χ0n) is 16.9. The maximum absolute atomic E-state index is 11.1. The van der Waals surface area contributed by atoms with Crippen molar-refractivity contribution in [3.63, 3.8) is 0 Å². The first kappa shape index (κ1) is 24.8. The van der Waals surface area contributed by atoms with Crippen LogP contribution in [0.4, 0.5) is 0 Å². The van der Waals surface area contributed by atoms with Gasteiger partial charge < -0.3 is 0 Å². The second-order valence-electron chi connectivity index (χ2n) is 7.35. The van der Waals surface area contributed by atoms with Gasteiger partial charge in [-0.05, 0) is 31.8 Å². The minimum Gasteiger partial charge on any atom is -0.291 e. The summed E-state index contributed by atoms with van der Waals surface area (Å²) >= 11 is 0. The van der Waals surface area contributed by atoms with Gasteiger partial charge in [-0.15, -0.1) is 0 Å². The summed E-state index contributed by atoms with van der Waals surface area (Å²) in [5.74, 6) is 0. The van der Waals surface area contributed by atoms with Crippen molar-refractivity contribution in [1.82, 2.24) is 0 Å². The summed E-state index contributed by atoms with van der Waals surface area (Å²) in [6.07, 6.45) is 24.5. The predicted molar refractivity (Wildman–Crippen MR) is 110 cm³/mol. The highest BCUT2D eigenvalue weighted by Gasteiger charge is 2.14. The second kappa shape index (κ2) is 20.1. The van der Waals surface area contributed by atoms with Crippen molar-refractivity contribution >= 4 is 6.29 Å². The van der Waals surface area contributed by atoms with E-state index in [0.29, 0.717) is 12.8 Å². The van der Waals surface area contributed by atoms with Crippen LogP contribution in [-0.2, 0) is 4.79 Å². The van der Waals surface area contributed by atoms with Gasteiger partial charge in [-0.2, -0.15) is 0 Å². The summed E-state index contributed by atoms with van der Waals surface area (Å²) in [6.45, 7) is 2.17. The van der Waals surface area contributed by atoms with Gasteiger partial charge in [0.2, 0.25) is 6.04 Å². The van der Waals surface area contributed by atoms with Gasteiger partial charge in [0.25, 0.3) is 0 Å². The molecule has 0 bridgehead atoms. The zero-order valence-corrected chi connectivity index (χ0v) is 16.9. The van der Waals surface area contributed by atoms with Gasteiger partial charge in [0, 0.05) is 17.8 Å². The smallest absolute Gasteiger partial charge is 0.231 e. The lowest BCUT2D eigenvalue weighted by atomic mass is 10.0. The van der Waals surface area contributed by atoms with Crippen molar-refractivity contribution in [1.29, 1.82) is 0 Å². The number of rotatable bonds is 20. The molecule has 0 rings (SSSR count). The summed E-state index contributed by atoms with van der Waals surface area (Å²) in [5, 5.41) is 11.1. The van der Waals surface area contributed by atoms with E-state index in [1.54, 1.807) is 0 Å². The molecule has 1 radical (unpaired) electrons. The van der Waals surface area contributed by atoms with Gasteiger partial charge in [0.1, 0.15) is 0 Å². The number of nitrogens with zero attached hydrogens (tertiary/aromatic N) is 1. The molecule has 0 heterocycles. The SMILES string of the molecule is CCCCC/C=C/C(CCCCCCCCCCCCC[C]=O)[N+](=O)[O-]. The Morgan fingerprint density at radius 2 is 1.38 bits per heavy atom. The summed E-state index contributed by atoms with van der Waals surface area (Å²) in [4.78, 5) is 21.0. The second-order valence-corrected chi connectivity index (χ2v) is 7.35. The van der Waals surface area contributed by atoms with Crippen molar-refractivity contribution in [3.05, 3.63) is 22.3 Å². The molecule has 1 atom stereocenters. The van der Waals surface area contributed by atoms with Gasteiger partial charge in [-0.25, -0.2) is 0 Å². The Balaban J connectivity index is 3.47. The summed E-state index contributed by atoms with van der Waals surface area (Å²) in [6, 6.07) is -0.492. The topological polar surface area (TPSA) is 60.2 Å². The minimum atomic E-state index is -0.492. The van der Waals surface area contributed by atoms with E-state index in [2.05, 4.69) is 6.92 Å². The molecule has 0 N–H and O–H groups in total. The van der Waals surface area contributed by atoms with Crippen LogP contribution in [0.25, 0.3) is 0 Å². The van der Waals surface area contributed by atoms with Crippen molar-refractivity contribution in [3.8, 4) is 0 Å². The fourth-order valence-electron chi connectivity index (χ4n) is 3.18. The van der Waals surface area contributed by atoms with E-state index in [0.717, 1.165) is 38.5 Å². The molecule has 0 spiro atoms. The molecule has 1 unspecified atom stereocenters. The van der Waals surface area contributed by atoms with Crippen LogP contribution in [0.2, 0.25) is 0 Å². The highest BCUT2D eigenvalue weighted by Crippen LogP contribution is 2.14. The van der Waals surface area contributed by atoms with E-state index >= 15 is 0 Å². The molecular weight excluding hydrogens is 326 g/mol. The molecule has 4 heteroatoms. The van der Waals surface area contributed by atoms with E-state index < -0.39 is 6.04 Å². The van der Waals surface area contributed by atoms with E-state index in [4.69, 9.17) is 0 Å². The first-order valence-electron chi connectivity index (χ1n) is 10.9. The molecule has 0 aromatic rings. The number of carbonyl (C=O) groups excluding carboxylic acids is 1. The van der Waals surface area contributed by atoms with E-state index in [1.165, 1.54) is 57.8 Å². The minimum absolute atomic E-state index is 0.135. The molecule has 0 aliphatic carbocycles. The van der Waals surface area contributed by atoms with Crippen LogP contribution in [0.15, 0.2) is 12.2 Å². The first-order valence-corrected chi connectivity index (χ1v) is 10.9. The molecule has 0 saturated carbocycles. The van der Waals surface area contributed by atoms with Crippen LogP contribution in [0.3, 0.4) is 0 Å². The third-order valence-corrected chi connectivity index (χ3v) is 4.88. The fourth-order valence-corrected chi connectivity index (χ4v) is 3.18. The lowest BCUT2D eigenvalue weighted by molar-refractivity contribution is -0.510. The molecule has 0 aliphatic heterocycles. The van der Waals surface area contributed by atoms with Gasteiger partial charge in [0.15, 0.2) is 6.29 Å². The van der Waals surface area contributed by atoms with Crippen LogP contribution in [0, 0.1) is 10.1 Å². The van der Waals surface area contributed by atoms with Crippen LogP contribution in [-0.4, -0.2) is 17.3 Å². The summed E-state index contributed by atoms with van der Waals surface area (Å²) in [5.41, 5.74) is 0. The zero-order chi connectivity index (χ0) is 19.3. The maximum Gasteiger partial charge on any atom is 0.231 e. The molecule has 0 fully saturated rings. The molecule has 4 nitrogen and oxygen atoms in total. The Morgan fingerprint density at radius 1 is 0.846 bits per heavy atom. The fraction of sp³-hybridized carbons (Fsp3) is 0.864. The van der Waals surface area contributed by atoms with Crippen LogP contribution >= 0.6 is 0 Å². The Kier molecular flexibility index (Phi) is 19.2. The average molecular weight is 367 g/mol. The molecule has 0 aliphatic rings. The normalized spacial score (nSPS) is 12.5. The highest BCUT2D eigenvalue weighted by atomic mass is 16.6. The van der Waals surface area contributed by atoms with Gasteiger partial charge in [-0.3, -0.25) is 14.9 Å². The van der Waals surface area contributed by atoms with E-state index in [1.807, 2.05) is 18.4 Å². The number of unbranched alkanes of at least 4 members (excludes halogenated alkanes) is 14. The third-order valence-electron chi connectivity index (χ3n) is 4.88. The largest absolute Gasteiger partial charge is 0.291 e. The van der Waals surface area contributed by atoms with Crippen molar-refractivity contribution in [2.45, 2.75) is 122 Å². The lowest BCUT2D eigenvalue weighted by Gasteiger charge is -2.05. The number of nitro groups is 1. The Bertz CT molecular complexity index is 355. The predicted octanol–water partition coefficient (Wildman–Crippen LogP) is 6.95. The third kappa shape index (κ3) is 17.6. The number of allylic oxidation sites excluding steroid dienone is 1. The number of hydrogen-bond acceptors (Lipinski definition) is 3. The molecule has 0 amide bonds. The van der Waals surface area contributed by atoms with Gasteiger partial charge in [-0.1, -0.05) is 83.6 Å². The van der Waals surface area contributed by atoms with Gasteiger partial charge >= 0.3 is 0 Å². The van der Waals surface area contributed by atoms with Gasteiger partial charge in [0.05, 0.1) is 0 Å². The maximum atomic E-state index is 11.1. The van der Waals surface area contributed by atoms with Crippen molar-refractivity contribution in [2.75, 3.05) is 0 Å². The first-order chi connectivity index (χ1) is 12.7. The quantitative estimate of drug-likeness (QED) is 0.101. The van der Waals surface area contributed by atoms with Crippen molar-refractivity contribution in [2.24, 2.45) is 0 Å². The summed E-state index contributed by atoms with van der Waals surface area (Å²) in [7, 11) is 0. The molecule has 0 saturated heterocycles. The molecule has 0 aromatic carbocycles. The Hall–Kier alpha value is -1.19. The summed E-state index contributed by atoms with van der Waals surface area (Å²) < 4.78 is 0. The Labute approximate surface area is 161 Å². The number of hydrogen-bond donors (Lipinski definition) is 0. The average Bonchev–Trinajstić information content (AvgIpc) is 2.63. The van der Waals surface area contributed by atoms with E-state index in [9.17, 15) is 14.9 Å². The molecule has 26 heavy (non-hydrogen) atoms. The van der Waals surface area contributed by atoms with Crippen LogP contribution < -0.4 is 0 Å². The molecular formula is C22H40NO3. The van der Waals surface area contributed by atoms with Crippen molar-refractivity contribution < 1.29 is 9.72 Å². The molecule has 151 valence electrons. The van der Waals surface area contributed by atoms with E-state index in [-0.39, 0.29) is 4.92 Å². The Morgan fingerprint density at radius 3 is 1.88 bits per heavy atom. The van der Waals surface area contributed by atoms with Crippen LogP contribution in [0.1, 0.15) is 116 Å². The standard InChI is InChI=1S/C22H40NO3/c1-2-3-4-13-16-19-22(23(25)26)20-17-14-11-9-7-5-6-8-10-12-15-18-21-24/h16,19,22H,2-15,17-18,20H2,1H3/b19-16+. The highest BCUT2D eigenvalue weighted by molar-refractivity contribution is 5.50. The molecule has 0 aromatic heterocycles.